The normalized spacial score (nSPS) is 15.1. The van der Waals surface area contributed by atoms with Crippen LogP contribution in [-0.2, 0) is 24.9 Å². The van der Waals surface area contributed by atoms with Gasteiger partial charge in [0, 0.05) is 52.9 Å². The number of aromatic nitrogens is 4. The summed E-state index contributed by atoms with van der Waals surface area (Å²) in [4.78, 5) is 36.5. The molecule has 4 rings (SSSR count). The first-order valence-corrected chi connectivity index (χ1v) is 11.2. The summed E-state index contributed by atoms with van der Waals surface area (Å²) in [5.74, 6) is 0.720. The quantitative estimate of drug-likeness (QED) is 0.559. The minimum Gasteiger partial charge on any atom is -0.380 e. The Hall–Kier alpha value is -2.91. The number of anilines is 1. The fourth-order valence-electron chi connectivity index (χ4n) is 4.29. The Bertz CT molecular complexity index is 1220. The number of nitrogens with one attached hydrogen (secondary N) is 1. The summed E-state index contributed by atoms with van der Waals surface area (Å²) in [7, 11) is 1.63. The minimum atomic E-state index is -0.457. The molecule has 0 spiro atoms. The molecule has 1 aliphatic heterocycles. The van der Waals surface area contributed by atoms with Crippen molar-refractivity contribution in [2.24, 2.45) is 7.05 Å². The van der Waals surface area contributed by atoms with Crippen LogP contribution in [0.3, 0.4) is 0 Å². The lowest BCUT2D eigenvalue weighted by atomic mass is 10.0. The van der Waals surface area contributed by atoms with Crippen molar-refractivity contribution in [3.05, 3.63) is 55.7 Å². The Labute approximate surface area is 187 Å². The van der Waals surface area contributed by atoms with Crippen LogP contribution in [0.2, 0.25) is 0 Å². The predicted octanol–water partition coefficient (Wildman–Crippen LogP) is 1.40. The molecule has 0 radical (unpaired) electrons. The number of aryl methyl sites for hydroxylation is 3. The smallest absolute Gasteiger partial charge is 0.329 e. The maximum atomic E-state index is 12.6. The fraction of sp³-hybridized carbons (Fsp3) is 0.522. The molecular formula is C23H32N6O3. The molecule has 9 nitrogen and oxygen atoms in total. The number of hydrogen-bond acceptors (Lipinski definition) is 6. The van der Waals surface area contributed by atoms with Crippen LogP contribution in [0.1, 0.15) is 23.6 Å². The molecule has 1 N–H and O–H groups in total. The average Bonchev–Trinajstić information content (AvgIpc) is 3.16. The zero-order valence-corrected chi connectivity index (χ0v) is 19.3. The minimum absolute atomic E-state index is 0.406. The first kappa shape index (κ1) is 22.3. The molecule has 32 heavy (non-hydrogen) atoms. The molecule has 172 valence electrons. The van der Waals surface area contributed by atoms with Crippen molar-refractivity contribution in [3.63, 3.8) is 0 Å². The van der Waals surface area contributed by atoms with E-state index in [1.54, 1.807) is 7.05 Å². The third-order valence-corrected chi connectivity index (χ3v) is 6.20. The van der Waals surface area contributed by atoms with Gasteiger partial charge in [-0.3, -0.25) is 19.2 Å². The highest BCUT2D eigenvalue weighted by atomic mass is 16.5. The molecule has 0 amide bonds. The Morgan fingerprint density at radius 2 is 1.88 bits per heavy atom. The molecule has 1 saturated heterocycles. The van der Waals surface area contributed by atoms with Crippen molar-refractivity contribution in [2.45, 2.75) is 33.9 Å². The first-order chi connectivity index (χ1) is 15.4. The number of ether oxygens (including phenoxy) is 1. The van der Waals surface area contributed by atoms with Gasteiger partial charge in [0.1, 0.15) is 0 Å². The summed E-state index contributed by atoms with van der Waals surface area (Å²) in [5.41, 5.74) is 3.92. The Balaban J connectivity index is 1.58. The topological polar surface area (TPSA) is 88.4 Å². The van der Waals surface area contributed by atoms with Gasteiger partial charge in [-0.15, -0.1) is 0 Å². The van der Waals surface area contributed by atoms with E-state index in [0.717, 1.165) is 38.7 Å². The number of fused-ring (bicyclic) bond motifs is 1. The summed E-state index contributed by atoms with van der Waals surface area (Å²) in [6.07, 6.45) is 0. The van der Waals surface area contributed by atoms with Gasteiger partial charge in [-0.2, -0.15) is 4.98 Å². The highest BCUT2D eigenvalue weighted by Crippen LogP contribution is 2.22. The van der Waals surface area contributed by atoms with Gasteiger partial charge < -0.3 is 14.2 Å². The third kappa shape index (κ3) is 4.35. The Morgan fingerprint density at radius 3 is 2.59 bits per heavy atom. The van der Waals surface area contributed by atoms with Crippen LogP contribution in [-0.4, -0.2) is 63.4 Å². The monoisotopic (exact) mass is 440 g/mol. The van der Waals surface area contributed by atoms with Gasteiger partial charge >= 0.3 is 5.69 Å². The summed E-state index contributed by atoms with van der Waals surface area (Å²) in [5, 5.41) is 0. The zero-order valence-electron chi connectivity index (χ0n) is 19.3. The van der Waals surface area contributed by atoms with Crippen LogP contribution >= 0.6 is 0 Å². The van der Waals surface area contributed by atoms with Crippen LogP contribution in [0.4, 0.5) is 5.95 Å². The first-order valence-electron chi connectivity index (χ1n) is 11.2. The maximum Gasteiger partial charge on any atom is 0.329 e. The van der Waals surface area contributed by atoms with E-state index in [1.807, 2.05) is 11.5 Å². The number of imidazole rings is 1. The van der Waals surface area contributed by atoms with Crippen LogP contribution in [0.5, 0.6) is 0 Å². The van der Waals surface area contributed by atoms with Gasteiger partial charge in [-0.05, 0) is 31.9 Å². The van der Waals surface area contributed by atoms with Gasteiger partial charge in [0.05, 0.1) is 6.61 Å². The van der Waals surface area contributed by atoms with Crippen LogP contribution in [0.15, 0.2) is 27.8 Å². The van der Waals surface area contributed by atoms with E-state index in [0.29, 0.717) is 30.9 Å². The van der Waals surface area contributed by atoms with E-state index in [-0.39, 0.29) is 0 Å². The van der Waals surface area contributed by atoms with Crippen LogP contribution in [0.25, 0.3) is 11.2 Å². The fourth-order valence-corrected chi connectivity index (χ4v) is 4.29. The van der Waals surface area contributed by atoms with Crippen molar-refractivity contribution < 1.29 is 4.74 Å². The average molecular weight is 441 g/mol. The van der Waals surface area contributed by atoms with E-state index in [4.69, 9.17) is 9.72 Å². The molecule has 1 aromatic carbocycles. The van der Waals surface area contributed by atoms with Crippen molar-refractivity contribution >= 4 is 17.1 Å². The second-order valence-corrected chi connectivity index (χ2v) is 8.44. The predicted molar refractivity (Wildman–Crippen MR) is 125 cm³/mol. The molecule has 3 aromatic rings. The van der Waals surface area contributed by atoms with E-state index < -0.39 is 11.2 Å². The van der Waals surface area contributed by atoms with E-state index in [1.165, 1.54) is 21.3 Å². The highest BCUT2D eigenvalue weighted by molar-refractivity contribution is 5.74. The van der Waals surface area contributed by atoms with Crippen LogP contribution in [0, 0.1) is 13.8 Å². The SMILES string of the molecule is CCOCCn1c(N2CCN(Cc3cc(C)ccc3C)CC2)nc2c1c(=O)[nH]c(=O)n2C. The summed E-state index contributed by atoms with van der Waals surface area (Å²) < 4.78 is 8.83. The van der Waals surface area contributed by atoms with E-state index >= 15 is 0 Å². The number of H-pyrrole nitrogens is 1. The Morgan fingerprint density at radius 1 is 1.12 bits per heavy atom. The van der Waals surface area contributed by atoms with Crippen molar-refractivity contribution in [2.75, 3.05) is 44.3 Å². The molecule has 0 bridgehead atoms. The number of benzene rings is 1. The number of hydrogen-bond donors (Lipinski definition) is 1. The molecule has 0 aliphatic carbocycles. The second kappa shape index (κ2) is 9.30. The molecule has 9 heteroatoms. The van der Waals surface area contributed by atoms with E-state index in [2.05, 4.69) is 46.8 Å². The largest absolute Gasteiger partial charge is 0.380 e. The lowest BCUT2D eigenvalue weighted by Crippen LogP contribution is -2.47. The number of aromatic amines is 1. The van der Waals surface area contributed by atoms with Crippen molar-refractivity contribution in [3.8, 4) is 0 Å². The number of piperazine rings is 1. The number of nitrogens with zero attached hydrogens (tertiary/aromatic N) is 5. The maximum absolute atomic E-state index is 12.6. The molecule has 1 fully saturated rings. The number of rotatable bonds is 7. The Kier molecular flexibility index (Phi) is 6.48. The summed E-state index contributed by atoms with van der Waals surface area (Å²) in [6.45, 7) is 12.1. The van der Waals surface area contributed by atoms with Gasteiger partial charge in [0.25, 0.3) is 5.56 Å². The molecule has 0 unspecified atom stereocenters. The molecule has 3 heterocycles. The third-order valence-electron chi connectivity index (χ3n) is 6.20. The molecule has 1 aliphatic rings. The molecule has 0 saturated carbocycles. The molecule has 2 aromatic heterocycles. The van der Waals surface area contributed by atoms with Gasteiger partial charge in [-0.1, -0.05) is 23.8 Å². The second-order valence-electron chi connectivity index (χ2n) is 8.44. The zero-order chi connectivity index (χ0) is 22.8. The summed E-state index contributed by atoms with van der Waals surface area (Å²) in [6, 6.07) is 6.60. The van der Waals surface area contributed by atoms with Gasteiger partial charge in [0.15, 0.2) is 11.2 Å². The van der Waals surface area contributed by atoms with E-state index in [9.17, 15) is 9.59 Å². The highest BCUT2D eigenvalue weighted by Gasteiger charge is 2.25. The van der Waals surface area contributed by atoms with Gasteiger partial charge in [0.2, 0.25) is 5.95 Å². The van der Waals surface area contributed by atoms with Crippen LogP contribution < -0.4 is 16.1 Å². The lowest BCUT2D eigenvalue weighted by molar-refractivity contribution is 0.140. The van der Waals surface area contributed by atoms with Gasteiger partial charge in [-0.25, -0.2) is 4.79 Å². The summed E-state index contributed by atoms with van der Waals surface area (Å²) >= 11 is 0. The lowest BCUT2D eigenvalue weighted by Gasteiger charge is -2.35. The molecular weight excluding hydrogens is 408 g/mol. The van der Waals surface area contributed by atoms with Crippen molar-refractivity contribution in [1.29, 1.82) is 0 Å². The van der Waals surface area contributed by atoms with Crippen molar-refractivity contribution in [1.82, 2.24) is 24.0 Å². The molecule has 0 atom stereocenters. The standard InChI is InChI=1S/C23H32N6O3/c1-5-32-13-12-29-19-20(26(4)23(31)25-21(19)30)24-22(29)28-10-8-27(9-11-28)15-18-14-16(2)6-7-17(18)3/h6-7,14H,5,8-13,15H2,1-4H3,(H,25,30,31).